The highest BCUT2D eigenvalue weighted by Crippen LogP contribution is 2.32. The van der Waals surface area contributed by atoms with E-state index in [1.165, 1.54) is 6.07 Å². The third-order valence-corrected chi connectivity index (χ3v) is 2.74. The molecule has 0 N–H and O–H groups in total. The van der Waals surface area contributed by atoms with E-state index in [1.54, 1.807) is 6.07 Å². The maximum absolute atomic E-state index is 13.2. The minimum Gasteiger partial charge on any atom is -0.206 e. The Hall–Kier alpha value is -0.0800. The van der Waals surface area contributed by atoms with Gasteiger partial charge in [0.25, 0.3) is 0 Å². The monoisotopic (exact) mass is 264 g/mol. The smallest absolute Gasteiger partial charge is 0.137 e. The van der Waals surface area contributed by atoms with Gasteiger partial charge in [-0.25, -0.2) is 4.39 Å². The Morgan fingerprint density at radius 1 is 1.31 bits per heavy atom. The van der Waals surface area contributed by atoms with Crippen molar-refractivity contribution in [2.45, 2.75) is 26.2 Å². The molecule has 0 nitrogen and oxygen atoms in total. The molecule has 0 aliphatic rings. The van der Waals surface area contributed by atoms with Crippen molar-refractivity contribution in [1.29, 1.82) is 0 Å². The molecule has 0 atom stereocenters. The zero-order chi connectivity index (χ0) is 10.2. The second kappa shape index (κ2) is 3.58. The SMILES string of the molecule is CC(C)(C)c1cc(F)c(Br)cc1Cl. The van der Waals surface area contributed by atoms with Gasteiger partial charge < -0.3 is 0 Å². The summed E-state index contributed by atoms with van der Waals surface area (Å²) in [5.74, 6) is -0.269. The Bertz CT molecular complexity index is 328. The average molecular weight is 266 g/mol. The fraction of sp³-hybridized carbons (Fsp3) is 0.400. The van der Waals surface area contributed by atoms with Crippen LogP contribution in [0.3, 0.4) is 0 Å². The molecule has 0 aliphatic heterocycles. The highest BCUT2D eigenvalue weighted by Gasteiger charge is 2.19. The van der Waals surface area contributed by atoms with Gasteiger partial charge in [0.05, 0.1) is 4.47 Å². The number of benzene rings is 1. The van der Waals surface area contributed by atoms with Crippen LogP contribution in [0, 0.1) is 5.82 Å². The molecule has 0 saturated heterocycles. The number of rotatable bonds is 0. The van der Waals surface area contributed by atoms with Gasteiger partial charge in [-0.05, 0) is 39.0 Å². The minimum atomic E-state index is -0.269. The van der Waals surface area contributed by atoms with Gasteiger partial charge in [0.15, 0.2) is 0 Å². The van der Waals surface area contributed by atoms with E-state index in [1.807, 2.05) is 20.8 Å². The molecule has 1 rings (SSSR count). The summed E-state index contributed by atoms with van der Waals surface area (Å²) in [6.07, 6.45) is 0. The normalized spacial score (nSPS) is 11.8. The second-order valence-corrected chi connectivity index (χ2v) is 5.26. The van der Waals surface area contributed by atoms with E-state index < -0.39 is 0 Å². The van der Waals surface area contributed by atoms with Crippen LogP contribution in [0.25, 0.3) is 0 Å². The van der Waals surface area contributed by atoms with E-state index >= 15 is 0 Å². The Labute approximate surface area is 91.2 Å². The molecule has 0 radical (unpaired) electrons. The summed E-state index contributed by atoms with van der Waals surface area (Å²) < 4.78 is 13.6. The van der Waals surface area contributed by atoms with Crippen molar-refractivity contribution >= 4 is 27.5 Å². The van der Waals surface area contributed by atoms with Crippen LogP contribution in [-0.2, 0) is 5.41 Å². The summed E-state index contributed by atoms with van der Waals surface area (Å²) in [6.45, 7) is 6.00. The molecule has 1 aromatic rings. The van der Waals surface area contributed by atoms with Crippen molar-refractivity contribution in [1.82, 2.24) is 0 Å². The largest absolute Gasteiger partial charge is 0.206 e. The molecular formula is C10H11BrClF. The third-order valence-electron chi connectivity index (χ3n) is 1.82. The molecule has 13 heavy (non-hydrogen) atoms. The quantitative estimate of drug-likeness (QED) is 0.604. The van der Waals surface area contributed by atoms with Crippen LogP contribution in [0.5, 0.6) is 0 Å². The van der Waals surface area contributed by atoms with E-state index in [9.17, 15) is 4.39 Å². The summed E-state index contributed by atoms with van der Waals surface area (Å²) in [5, 5.41) is 0.598. The third kappa shape index (κ3) is 2.44. The summed E-state index contributed by atoms with van der Waals surface area (Å²) in [4.78, 5) is 0. The van der Waals surface area contributed by atoms with Gasteiger partial charge in [0.2, 0.25) is 0 Å². The predicted octanol–water partition coefficient (Wildman–Crippen LogP) is 4.54. The van der Waals surface area contributed by atoms with Gasteiger partial charge in [-0.2, -0.15) is 0 Å². The van der Waals surface area contributed by atoms with Crippen LogP contribution in [0.1, 0.15) is 26.3 Å². The van der Waals surface area contributed by atoms with Crippen molar-refractivity contribution in [3.8, 4) is 0 Å². The van der Waals surface area contributed by atoms with Gasteiger partial charge >= 0.3 is 0 Å². The Kier molecular flexibility index (Phi) is 3.03. The van der Waals surface area contributed by atoms with Gasteiger partial charge in [0, 0.05) is 5.02 Å². The maximum Gasteiger partial charge on any atom is 0.137 e. The van der Waals surface area contributed by atoms with Crippen LogP contribution in [0.15, 0.2) is 16.6 Å². The van der Waals surface area contributed by atoms with Crippen molar-refractivity contribution < 1.29 is 4.39 Å². The lowest BCUT2D eigenvalue weighted by Gasteiger charge is -2.20. The lowest BCUT2D eigenvalue weighted by molar-refractivity contribution is 0.570. The molecule has 0 amide bonds. The van der Waals surface area contributed by atoms with Gasteiger partial charge in [0.1, 0.15) is 5.82 Å². The Balaban J connectivity index is 3.32. The molecular weight excluding hydrogens is 254 g/mol. The van der Waals surface area contributed by atoms with Gasteiger partial charge in [-0.15, -0.1) is 0 Å². The number of halogens is 3. The van der Waals surface area contributed by atoms with Crippen molar-refractivity contribution in [3.63, 3.8) is 0 Å². The Morgan fingerprint density at radius 2 is 1.85 bits per heavy atom. The van der Waals surface area contributed by atoms with E-state index in [4.69, 9.17) is 11.6 Å². The molecule has 0 bridgehead atoms. The summed E-state index contributed by atoms with van der Waals surface area (Å²) in [7, 11) is 0. The first kappa shape index (κ1) is 11.0. The molecule has 0 fully saturated rings. The molecule has 0 saturated carbocycles. The molecule has 3 heteroatoms. The topological polar surface area (TPSA) is 0 Å². The van der Waals surface area contributed by atoms with Gasteiger partial charge in [-0.1, -0.05) is 32.4 Å². The lowest BCUT2D eigenvalue weighted by atomic mass is 9.87. The number of hydrogen-bond donors (Lipinski definition) is 0. The maximum atomic E-state index is 13.2. The molecule has 0 heterocycles. The molecule has 72 valence electrons. The van der Waals surface area contributed by atoms with Crippen LogP contribution in [0.2, 0.25) is 5.02 Å². The van der Waals surface area contributed by atoms with Crippen LogP contribution < -0.4 is 0 Å². The molecule has 0 spiro atoms. The summed E-state index contributed by atoms with van der Waals surface area (Å²) >= 11 is 9.08. The van der Waals surface area contributed by atoms with Crippen molar-refractivity contribution in [2.24, 2.45) is 0 Å². The lowest BCUT2D eigenvalue weighted by Crippen LogP contribution is -2.12. The fourth-order valence-electron chi connectivity index (χ4n) is 1.10. The first-order valence-corrected chi connectivity index (χ1v) is 5.14. The first-order valence-electron chi connectivity index (χ1n) is 3.97. The number of hydrogen-bond acceptors (Lipinski definition) is 0. The van der Waals surface area contributed by atoms with E-state index in [2.05, 4.69) is 15.9 Å². The molecule has 1 aromatic carbocycles. The first-order chi connectivity index (χ1) is 5.82. The Morgan fingerprint density at radius 3 is 2.31 bits per heavy atom. The zero-order valence-corrected chi connectivity index (χ0v) is 10.1. The molecule has 0 aliphatic carbocycles. The molecule has 0 unspecified atom stereocenters. The van der Waals surface area contributed by atoms with E-state index in [0.717, 1.165) is 5.56 Å². The van der Waals surface area contributed by atoms with Crippen LogP contribution in [-0.4, -0.2) is 0 Å². The average Bonchev–Trinajstić information content (AvgIpc) is 1.94. The summed E-state index contributed by atoms with van der Waals surface area (Å²) in [5.41, 5.74) is 0.702. The highest BCUT2D eigenvalue weighted by molar-refractivity contribution is 9.10. The standard InChI is InChI=1S/C10H11BrClF/c1-10(2,3)6-4-9(13)7(11)5-8(6)12/h4-5H,1-3H3. The van der Waals surface area contributed by atoms with Crippen molar-refractivity contribution in [2.75, 3.05) is 0 Å². The van der Waals surface area contributed by atoms with Crippen LogP contribution >= 0.6 is 27.5 Å². The summed E-state index contributed by atoms with van der Waals surface area (Å²) in [6, 6.07) is 3.07. The van der Waals surface area contributed by atoms with E-state index in [0.29, 0.717) is 9.50 Å². The van der Waals surface area contributed by atoms with Gasteiger partial charge in [-0.3, -0.25) is 0 Å². The van der Waals surface area contributed by atoms with Crippen LogP contribution in [0.4, 0.5) is 4.39 Å². The minimum absolute atomic E-state index is 0.126. The van der Waals surface area contributed by atoms with E-state index in [-0.39, 0.29) is 11.2 Å². The molecule has 0 aromatic heterocycles. The predicted molar refractivity (Wildman–Crippen MR) is 57.8 cm³/mol. The fourth-order valence-corrected chi connectivity index (χ4v) is 2.02. The zero-order valence-electron chi connectivity index (χ0n) is 7.79. The second-order valence-electron chi connectivity index (χ2n) is 4.00. The highest BCUT2D eigenvalue weighted by atomic mass is 79.9. The van der Waals surface area contributed by atoms with Crippen molar-refractivity contribution in [3.05, 3.63) is 33.0 Å².